The van der Waals surface area contributed by atoms with Crippen LogP contribution >= 0.6 is 0 Å². The standard InChI is InChI=1S/C13H22N2O/c1-3-15(10-9-12(11-16)14-2)13-7-5-4-6-8-13/h4-8,12,14,16H,3,9-11H2,1-2H3. The summed E-state index contributed by atoms with van der Waals surface area (Å²) >= 11 is 0. The second-order valence-electron chi connectivity index (χ2n) is 3.87. The lowest BCUT2D eigenvalue weighted by Gasteiger charge is -2.25. The zero-order chi connectivity index (χ0) is 11.8. The minimum Gasteiger partial charge on any atom is -0.395 e. The van der Waals surface area contributed by atoms with Gasteiger partial charge in [0.1, 0.15) is 0 Å². The highest BCUT2D eigenvalue weighted by Gasteiger charge is 2.08. The summed E-state index contributed by atoms with van der Waals surface area (Å²) < 4.78 is 0. The van der Waals surface area contributed by atoms with Crippen LogP contribution in [0.25, 0.3) is 0 Å². The summed E-state index contributed by atoms with van der Waals surface area (Å²) in [6.07, 6.45) is 0.954. The van der Waals surface area contributed by atoms with Crippen LogP contribution in [-0.4, -0.2) is 37.9 Å². The molecule has 0 saturated carbocycles. The van der Waals surface area contributed by atoms with Gasteiger partial charge in [-0.05, 0) is 32.5 Å². The molecule has 1 rings (SSSR count). The Balaban J connectivity index is 2.50. The fourth-order valence-electron chi connectivity index (χ4n) is 1.75. The van der Waals surface area contributed by atoms with E-state index in [0.29, 0.717) is 0 Å². The summed E-state index contributed by atoms with van der Waals surface area (Å²) in [5, 5.41) is 12.2. The molecule has 0 amide bonds. The molecule has 0 aliphatic carbocycles. The molecule has 0 aliphatic rings. The Labute approximate surface area is 98.1 Å². The number of nitrogens with zero attached hydrogens (tertiary/aromatic N) is 1. The van der Waals surface area contributed by atoms with E-state index < -0.39 is 0 Å². The molecule has 0 fully saturated rings. The van der Waals surface area contributed by atoms with Crippen molar-refractivity contribution in [2.75, 3.05) is 31.6 Å². The summed E-state index contributed by atoms with van der Waals surface area (Å²) in [5.41, 5.74) is 1.25. The van der Waals surface area contributed by atoms with Gasteiger partial charge < -0.3 is 15.3 Å². The Kier molecular flexibility index (Phi) is 5.90. The highest BCUT2D eigenvalue weighted by Crippen LogP contribution is 2.13. The van der Waals surface area contributed by atoms with Crippen LogP contribution < -0.4 is 10.2 Å². The lowest BCUT2D eigenvalue weighted by Crippen LogP contribution is -2.34. The number of hydrogen-bond acceptors (Lipinski definition) is 3. The number of aliphatic hydroxyl groups is 1. The average Bonchev–Trinajstić information content (AvgIpc) is 2.36. The normalized spacial score (nSPS) is 12.4. The fraction of sp³-hybridized carbons (Fsp3) is 0.538. The lowest BCUT2D eigenvalue weighted by atomic mass is 10.2. The highest BCUT2D eigenvalue weighted by molar-refractivity contribution is 5.45. The second-order valence-corrected chi connectivity index (χ2v) is 3.87. The molecule has 0 bridgehead atoms. The molecule has 90 valence electrons. The van der Waals surface area contributed by atoms with Crippen molar-refractivity contribution >= 4 is 5.69 Å². The molecular formula is C13H22N2O. The van der Waals surface area contributed by atoms with E-state index in [4.69, 9.17) is 5.11 Å². The van der Waals surface area contributed by atoms with Crippen molar-refractivity contribution in [3.8, 4) is 0 Å². The third-order valence-electron chi connectivity index (χ3n) is 2.88. The minimum atomic E-state index is 0.192. The topological polar surface area (TPSA) is 35.5 Å². The summed E-state index contributed by atoms with van der Waals surface area (Å²) in [7, 11) is 1.89. The van der Waals surface area contributed by atoms with Crippen molar-refractivity contribution in [3.05, 3.63) is 30.3 Å². The molecule has 1 aromatic rings. The number of anilines is 1. The number of para-hydroxylation sites is 1. The maximum absolute atomic E-state index is 9.10. The van der Waals surface area contributed by atoms with Crippen LogP contribution in [0.1, 0.15) is 13.3 Å². The van der Waals surface area contributed by atoms with E-state index >= 15 is 0 Å². The lowest BCUT2D eigenvalue weighted by molar-refractivity contribution is 0.243. The van der Waals surface area contributed by atoms with E-state index in [1.807, 2.05) is 13.1 Å². The predicted molar refractivity (Wildman–Crippen MR) is 68.9 cm³/mol. The van der Waals surface area contributed by atoms with Gasteiger partial charge in [0.05, 0.1) is 6.61 Å². The maximum atomic E-state index is 9.10. The van der Waals surface area contributed by atoms with Gasteiger partial charge in [0.2, 0.25) is 0 Å². The highest BCUT2D eigenvalue weighted by atomic mass is 16.3. The molecule has 0 spiro atoms. The first-order valence-corrected chi connectivity index (χ1v) is 5.90. The van der Waals surface area contributed by atoms with Crippen LogP contribution in [-0.2, 0) is 0 Å². The average molecular weight is 222 g/mol. The monoisotopic (exact) mass is 222 g/mol. The van der Waals surface area contributed by atoms with Gasteiger partial charge in [-0.3, -0.25) is 0 Å². The van der Waals surface area contributed by atoms with Crippen molar-refractivity contribution in [1.29, 1.82) is 0 Å². The van der Waals surface area contributed by atoms with Gasteiger partial charge in [-0.1, -0.05) is 18.2 Å². The summed E-state index contributed by atoms with van der Waals surface area (Å²) in [6, 6.07) is 10.6. The Morgan fingerprint density at radius 2 is 2.00 bits per heavy atom. The first kappa shape index (κ1) is 13.0. The van der Waals surface area contributed by atoms with Crippen molar-refractivity contribution in [3.63, 3.8) is 0 Å². The van der Waals surface area contributed by atoms with Gasteiger partial charge in [0, 0.05) is 24.8 Å². The zero-order valence-electron chi connectivity index (χ0n) is 10.2. The number of aliphatic hydroxyl groups excluding tert-OH is 1. The fourth-order valence-corrected chi connectivity index (χ4v) is 1.75. The third kappa shape index (κ3) is 3.83. The van der Waals surface area contributed by atoms with Crippen LogP contribution in [0.3, 0.4) is 0 Å². The SMILES string of the molecule is CCN(CCC(CO)NC)c1ccccc1. The Hall–Kier alpha value is -1.06. The van der Waals surface area contributed by atoms with Crippen molar-refractivity contribution in [2.24, 2.45) is 0 Å². The van der Waals surface area contributed by atoms with Gasteiger partial charge >= 0.3 is 0 Å². The first-order valence-electron chi connectivity index (χ1n) is 5.90. The maximum Gasteiger partial charge on any atom is 0.0585 e. The van der Waals surface area contributed by atoms with Gasteiger partial charge in [0.15, 0.2) is 0 Å². The van der Waals surface area contributed by atoms with Crippen LogP contribution in [0, 0.1) is 0 Å². The van der Waals surface area contributed by atoms with E-state index in [-0.39, 0.29) is 12.6 Å². The first-order chi connectivity index (χ1) is 7.81. The van der Waals surface area contributed by atoms with E-state index in [9.17, 15) is 0 Å². The molecular weight excluding hydrogens is 200 g/mol. The molecule has 3 heteroatoms. The molecule has 0 saturated heterocycles. The van der Waals surface area contributed by atoms with E-state index in [1.165, 1.54) is 5.69 Å². The Bertz CT molecular complexity index is 273. The molecule has 0 aromatic heterocycles. The predicted octanol–water partition coefficient (Wildman–Crippen LogP) is 1.48. The van der Waals surface area contributed by atoms with Crippen LogP contribution in [0.15, 0.2) is 30.3 Å². The number of hydrogen-bond donors (Lipinski definition) is 2. The van der Waals surface area contributed by atoms with Crippen molar-refractivity contribution in [2.45, 2.75) is 19.4 Å². The third-order valence-corrected chi connectivity index (χ3v) is 2.88. The Morgan fingerprint density at radius 3 is 2.50 bits per heavy atom. The number of rotatable bonds is 7. The zero-order valence-corrected chi connectivity index (χ0v) is 10.2. The second kappa shape index (κ2) is 7.25. The molecule has 0 radical (unpaired) electrons. The summed E-state index contributed by atoms with van der Waals surface area (Å²) in [5.74, 6) is 0. The van der Waals surface area contributed by atoms with E-state index in [2.05, 4.69) is 41.4 Å². The van der Waals surface area contributed by atoms with Gasteiger partial charge in [0.25, 0.3) is 0 Å². The smallest absolute Gasteiger partial charge is 0.0585 e. The molecule has 3 nitrogen and oxygen atoms in total. The van der Waals surface area contributed by atoms with E-state index in [0.717, 1.165) is 19.5 Å². The van der Waals surface area contributed by atoms with Gasteiger partial charge in [-0.2, -0.15) is 0 Å². The summed E-state index contributed by atoms with van der Waals surface area (Å²) in [6.45, 7) is 4.31. The Morgan fingerprint density at radius 1 is 1.31 bits per heavy atom. The molecule has 0 aliphatic heterocycles. The number of benzene rings is 1. The van der Waals surface area contributed by atoms with Crippen LogP contribution in [0.2, 0.25) is 0 Å². The van der Waals surface area contributed by atoms with Crippen LogP contribution in [0.5, 0.6) is 0 Å². The van der Waals surface area contributed by atoms with E-state index in [1.54, 1.807) is 0 Å². The number of nitrogens with one attached hydrogen (secondary N) is 1. The quantitative estimate of drug-likeness (QED) is 0.733. The largest absolute Gasteiger partial charge is 0.395 e. The summed E-state index contributed by atoms with van der Waals surface area (Å²) in [4.78, 5) is 2.32. The molecule has 1 atom stereocenters. The van der Waals surface area contributed by atoms with Gasteiger partial charge in [-0.25, -0.2) is 0 Å². The molecule has 16 heavy (non-hydrogen) atoms. The molecule has 2 N–H and O–H groups in total. The molecule has 0 heterocycles. The van der Waals surface area contributed by atoms with Crippen molar-refractivity contribution < 1.29 is 5.11 Å². The number of likely N-dealkylation sites (N-methyl/N-ethyl adjacent to an activating group) is 1. The minimum absolute atomic E-state index is 0.192. The van der Waals surface area contributed by atoms with Gasteiger partial charge in [-0.15, -0.1) is 0 Å². The van der Waals surface area contributed by atoms with Crippen LogP contribution in [0.4, 0.5) is 5.69 Å². The molecule has 1 unspecified atom stereocenters. The van der Waals surface area contributed by atoms with Crippen molar-refractivity contribution in [1.82, 2.24) is 5.32 Å². The molecule has 1 aromatic carbocycles.